The number of aryl methyl sites for hydroxylation is 1. The standard InChI is InChI=1S/C13H18N2/c1-9-3-2-4-11-7-10-5-6-14-8-12(10)15-13(9)11/h2-4,10,12,14-15H,5-8H2,1H3. The maximum atomic E-state index is 3.70. The number of hydrogen-bond donors (Lipinski definition) is 2. The van der Waals surface area contributed by atoms with Crippen molar-refractivity contribution in [1.29, 1.82) is 0 Å². The molecule has 1 fully saturated rings. The molecule has 0 radical (unpaired) electrons. The summed E-state index contributed by atoms with van der Waals surface area (Å²) < 4.78 is 0. The van der Waals surface area contributed by atoms with Crippen LogP contribution in [0.1, 0.15) is 17.5 Å². The van der Waals surface area contributed by atoms with Crippen LogP contribution in [0.15, 0.2) is 18.2 Å². The Labute approximate surface area is 91.1 Å². The molecule has 1 saturated heterocycles. The molecule has 2 aliphatic heterocycles. The third-order valence-electron chi connectivity index (χ3n) is 3.80. The van der Waals surface area contributed by atoms with Gasteiger partial charge in [-0.15, -0.1) is 0 Å². The summed E-state index contributed by atoms with van der Waals surface area (Å²) in [6.07, 6.45) is 2.57. The van der Waals surface area contributed by atoms with Gasteiger partial charge in [-0.3, -0.25) is 0 Å². The lowest BCUT2D eigenvalue weighted by Gasteiger charge is -2.39. The van der Waals surface area contributed by atoms with Gasteiger partial charge in [0.25, 0.3) is 0 Å². The fourth-order valence-electron chi connectivity index (χ4n) is 2.90. The van der Waals surface area contributed by atoms with Gasteiger partial charge in [-0.2, -0.15) is 0 Å². The Hall–Kier alpha value is -1.02. The van der Waals surface area contributed by atoms with E-state index in [4.69, 9.17) is 0 Å². The zero-order valence-electron chi connectivity index (χ0n) is 9.22. The van der Waals surface area contributed by atoms with Gasteiger partial charge in [0.2, 0.25) is 0 Å². The number of piperidine rings is 1. The molecule has 2 aliphatic rings. The first-order valence-electron chi connectivity index (χ1n) is 5.90. The Morgan fingerprint density at radius 2 is 2.27 bits per heavy atom. The maximum absolute atomic E-state index is 3.70. The quantitative estimate of drug-likeness (QED) is 0.672. The summed E-state index contributed by atoms with van der Waals surface area (Å²) in [5.74, 6) is 0.834. The Morgan fingerprint density at radius 3 is 3.20 bits per heavy atom. The minimum absolute atomic E-state index is 0.646. The molecule has 3 rings (SSSR count). The van der Waals surface area contributed by atoms with Crippen molar-refractivity contribution in [2.24, 2.45) is 5.92 Å². The van der Waals surface area contributed by atoms with Crippen molar-refractivity contribution in [3.8, 4) is 0 Å². The van der Waals surface area contributed by atoms with Crippen molar-refractivity contribution in [3.63, 3.8) is 0 Å². The summed E-state index contributed by atoms with van der Waals surface area (Å²) in [7, 11) is 0. The minimum atomic E-state index is 0.646. The molecule has 2 atom stereocenters. The molecule has 0 saturated carbocycles. The average Bonchev–Trinajstić information content (AvgIpc) is 2.27. The molecule has 2 nitrogen and oxygen atoms in total. The summed E-state index contributed by atoms with van der Waals surface area (Å²) in [4.78, 5) is 0. The Bertz CT molecular complexity index is 373. The van der Waals surface area contributed by atoms with Crippen molar-refractivity contribution >= 4 is 5.69 Å². The van der Waals surface area contributed by atoms with Crippen LogP contribution in [0.2, 0.25) is 0 Å². The van der Waals surface area contributed by atoms with E-state index in [1.54, 1.807) is 0 Å². The maximum Gasteiger partial charge on any atom is 0.0417 e. The van der Waals surface area contributed by atoms with Gasteiger partial charge in [0.15, 0.2) is 0 Å². The normalized spacial score (nSPS) is 28.9. The molecule has 0 aliphatic carbocycles. The van der Waals surface area contributed by atoms with E-state index in [1.165, 1.54) is 36.2 Å². The van der Waals surface area contributed by atoms with Crippen molar-refractivity contribution < 1.29 is 0 Å². The molecular formula is C13H18N2. The summed E-state index contributed by atoms with van der Waals surface area (Å²) in [6.45, 7) is 4.50. The molecular weight excluding hydrogens is 184 g/mol. The minimum Gasteiger partial charge on any atom is -0.380 e. The van der Waals surface area contributed by atoms with Gasteiger partial charge in [0, 0.05) is 18.3 Å². The molecule has 1 aromatic rings. The van der Waals surface area contributed by atoms with Crippen LogP contribution in [0.3, 0.4) is 0 Å². The number of hydrogen-bond acceptors (Lipinski definition) is 2. The van der Waals surface area contributed by atoms with Crippen LogP contribution in [0.5, 0.6) is 0 Å². The summed E-state index contributed by atoms with van der Waals surface area (Å²) in [5.41, 5.74) is 4.29. The van der Waals surface area contributed by atoms with Gasteiger partial charge in [0.1, 0.15) is 0 Å². The number of para-hydroxylation sites is 1. The van der Waals surface area contributed by atoms with Crippen molar-refractivity contribution in [3.05, 3.63) is 29.3 Å². The smallest absolute Gasteiger partial charge is 0.0417 e. The average molecular weight is 202 g/mol. The Kier molecular flexibility index (Phi) is 2.17. The highest BCUT2D eigenvalue weighted by atomic mass is 15.0. The highest BCUT2D eigenvalue weighted by Gasteiger charge is 2.30. The molecule has 1 aromatic carbocycles. The van der Waals surface area contributed by atoms with Crippen LogP contribution < -0.4 is 10.6 Å². The SMILES string of the molecule is Cc1cccc2c1NC1CNCCC1C2. The van der Waals surface area contributed by atoms with Gasteiger partial charge < -0.3 is 10.6 Å². The van der Waals surface area contributed by atoms with Crippen LogP contribution in [-0.2, 0) is 6.42 Å². The second-order valence-electron chi connectivity index (χ2n) is 4.82. The lowest BCUT2D eigenvalue weighted by Crippen LogP contribution is -2.48. The number of fused-ring (bicyclic) bond motifs is 2. The lowest BCUT2D eigenvalue weighted by molar-refractivity contribution is 0.331. The molecule has 15 heavy (non-hydrogen) atoms. The molecule has 0 aromatic heterocycles. The fourth-order valence-corrected chi connectivity index (χ4v) is 2.90. The van der Waals surface area contributed by atoms with E-state index in [0.717, 1.165) is 12.5 Å². The third-order valence-corrected chi connectivity index (χ3v) is 3.80. The number of rotatable bonds is 0. The topological polar surface area (TPSA) is 24.1 Å². The molecule has 80 valence electrons. The summed E-state index contributed by atoms with van der Waals surface area (Å²) in [6, 6.07) is 7.29. The van der Waals surface area contributed by atoms with Gasteiger partial charge in [-0.25, -0.2) is 0 Å². The number of anilines is 1. The van der Waals surface area contributed by atoms with Gasteiger partial charge in [-0.05, 0) is 43.4 Å². The zero-order chi connectivity index (χ0) is 10.3. The highest BCUT2D eigenvalue weighted by Crippen LogP contribution is 2.33. The number of benzene rings is 1. The Morgan fingerprint density at radius 1 is 1.33 bits per heavy atom. The third kappa shape index (κ3) is 1.53. The molecule has 2 heterocycles. The molecule has 2 unspecified atom stereocenters. The largest absolute Gasteiger partial charge is 0.380 e. The van der Waals surface area contributed by atoms with Crippen molar-refractivity contribution in [2.75, 3.05) is 18.4 Å². The van der Waals surface area contributed by atoms with Crippen LogP contribution in [0.4, 0.5) is 5.69 Å². The molecule has 2 heteroatoms. The van der Waals surface area contributed by atoms with Crippen LogP contribution in [0.25, 0.3) is 0 Å². The molecule has 0 spiro atoms. The van der Waals surface area contributed by atoms with Crippen LogP contribution >= 0.6 is 0 Å². The van der Waals surface area contributed by atoms with E-state index in [-0.39, 0.29) is 0 Å². The van der Waals surface area contributed by atoms with E-state index in [2.05, 4.69) is 35.8 Å². The first-order valence-corrected chi connectivity index (χ1v) is 5.90. The summed E-state index contributed by atoms with van der Waals surface area (Å²) >= 11 is 0. The highest BCUT2D eigenvalue weighted by molar-refractivity contribution is 5.59. The van der Waals surface area contributed by atoms with Gasteiger partial charge in [-0.1, -0.05) is 18.2 Å². The van der Waals surface area contributed by atoms with E-state index >= 15 is 0 Å². The van der Waals surface area contributed by atoms with E-state index in [0.29, 0.717) is 6.04 Å². The van der Waals surface area contributed by atoms with E-state index in [1.807, 2.05) is 0 Å². The summed E-state index contributed by atoms with van der Waals surface area (Å²) in [5, 5.41) is 7.18. The predicted octanol–water partition coefficient (Wildman–Crippen LogP) is 1.94. The van der Waals surface area contributed by atoms with Crippen molar-refractivity contribution in [2.45, 2.75) is 25.8 Å². The second kappa shape index (κ2) is 3.53. The van der Waals surface area contributed by atoms with E-state index in [9.17, 15) is 0 Å². The predicted molar refractivity (Wildman–Crippen MR) is 63.3 cm³/mol. The number of nitrogens with one attached hydrogen (secondary N) is 2. The van der Waals surface area contributed by atoms with Gasteiger partial charge >= 0.3 is 0 Å². The first kappa shape index (κ1) is 9.22. The van der Waals surface area contributed by atoms with E-state index < -0.39 is 0 Å². The molecule has 2 N–H and O–H groups in total. The monoisotopic (exact) mass is 202 g/mol. The fraction of sp³-hybridized carbons (Fsp3) is 0.538. The zero-order valence-corrected chi connectivity index (χ0v) is 9.22. The van der Waals surface area contributed by atoms with Crippen molar-refractivity contribution in [1.82, 2.24) is 5.32 Å². The molecule has 0 amide bonds. The first-order chi connectivity index (χ1) is 7.34. The second-order valence-corrected chi connectivity index (χ2v) is 4.82. The van der Waals surface area contributed by atoms with Crippen LogP contribution in [0, 0.1) is 12.8 Å². The Balaban J connectivity index is 1.95. The lowest BCUT2D eigenvalue weighted by atomic mass is 9.82. The molecule has 0 bridgehead atoms. The van der Waals surface area contributed by atoms with Crippen LogP contribution in [-0.4, -0.2) is 19.1 Å². The van der Waals surface area contributed by atoms with Gasteiger partial charge in [0.05, 0.1) is 0 Å².